The first-order chi connectivity index (χ1) is 9.20. The highest BCUT2D eigenvalue weighted by Crippen LogP contribution is 2.28. The monoisotopic (exact) mass is 262 g/mol. The fraction of sp³-hybridized carbons (Fsp3) is 0.625. The molecule has 0 aliphatic carbocycles. The zero-order valence-electron chi connectivity index (χ0n) is 12.3. The lowest BCUT2D eigenvalue weighted by atomic mass is 10.0. The second-order valence-corrected chi connectivity index (χ2v) is 5.62. The molecule has 1 aliphatic rings. The highest BCUT2D eigenvalue weighted by atomic mass is 16.5. The van der Waals surface area contributed by atoms with Crippen molar-refractivity contribution in [1.29, 1.82) is 0 Å². The summed E-state index contributed by atoms with van der Waals surface area (Å²) in [7, 11) is 1.73. The van der Waals surface area contributed by atoms with Gasteiger partial charge in [0.05, 0.1) is 12.8 Å². The Morgan fingerprint density at radius 3 is 2.89 bits per heavy atom. The summed E-state index contributed by atoms with van der Waals surface area (Å²) in [6.07, 6.45) is 3.80. The molecule has 1 heterocycles. The van der Waals surface area contributed by atoms with Gasteiger partial charge in [0, 0.05) is 12.6 Å². The predicted octanol–water partition coefficient (Wildman–Crippen LogP) is 3.37. The van der Waals surface area contributed by atoms with Crippen LogP contribution in [0, 0.1) is 0 Å². The van der Waals surface area contributed by atoms with Gasteiger partial charge in [0.25, 0.3) is 0 Å². The summed E-state index contributed by atoms with van der Waals surface area (Å²) >= 11 is 0. The van der Waals surface area contributed by atoms with Crippen LogP contribution in [-0.4, -0.2) is 26.2 Å². The van der Waals surface area contributed by atoms with Gasteiger partial charge in [0.15, 0.2) is 0 Å². The van der Waals surface area contributed by atoms with E-state index in [2.05, 4.69) is 42.7 Å². The van der Waals surface area contributed by atoms with Crippen molar-refractivity contribution in [3.05, 3.63) is 23.8 Å². The molecular formula is C16H26N2O. The summed E-state index contributed by atoms with van der Waals surface area (Å²) < 4.78 is 5.42. The Hall–Kier alpha value is -1.22. The third-order valence-corrected chi connectivity index (χ3v) is 3.86. The average molecular weight is 262 g/mol. The Morgan fingerprint density at radius 1 is 1.42 bits per heavy atom. The summed E-state index contributed by atoms with van der Waals surface area (Å²) in [6, 6.07) is 7.11. The van der Waals surface area contributed by atoms with Crippen molar-refractivity contribution in [2.24, 2.45) is 0 Å². The van der Waals surface area contributed by atoms with Gasteiger partial charge in [-0.3, -0.25) is 0 Å². The molecule has 2 rings (SSSR count). The van der Waals surface area contributed by atoms with Crippen LogP contribution in [0.2, 0.25) is 0 Å². The molecule has 3 nitrogen and oxygen atoms in total. The summed E-state index contributed by atoms with van der Waals surface area (Å²) in [6.45, 7) is 6.61. The molecule has 2 N–H and O–H groups in total. The minimum Gasteiger partial charge on any atom is -0.495 e. The van der Waals surface area contributed by atoms with Crippen molar-refractivity contribution in [3.8, 4) is 5.75 Å². The van der Waals surface area contributed by atoms with E-state index in [1.54, 1.807) is 7.11 Å². The van der Waals surface area contributed by atoms with Gasteiger partial charge in [-0.1, -0.05) is 19.9 Å². The largest absolute Gasteiger partial charge is 0.495 e. The normalized spacial score (nSPS) is 18.8. The molecule has 106 valence electrons. The number of hydrogen-bond acceptors (Lipinski definition) is 3. The molecule has 1 aliphatic heterocycles. The quantitative estimate of drug-likeness (QED) is 0.824. The summed E-state index contributed by atoms with van der Waals surface area (Å²) in [5.74, 6) is 1.48. The van der Waals surface area contributed by atoms with Gasteiger partial charge < -0.3 is 15.4 Å². The van der Waals surface area contributed by atoms with Gasteiger partial charge in [0.1, 0.15) is 5.75 Å². The van der Waals surface area contributed by atoms with E-state index in [1.165, 1.54) is 31.4 Å². The SMILES string of the molecule is COc1ccc(C(C)C)cc1NCCC1CCCN1. The number of rotatable bonds is 6. The molecule has 19 heavy (non-hydrogen) atoms. The molecule has 1 aromatic carbocycles. The zero-order chi connectivity index (χ0) is 13.7. The number of nitrogens with one attached hydrogen (secondary N) is 2. The van der Waals surface area contributed by atoms with E-state index in [9.17, 15) is 0 Å². The molecule has 3 heteroatoms. The highest BCUT2D eigenvalue weighted by molar-refractivity contribution is 5.58. The van der Waals surface area contributed by atoms with Crippen LogP contribution in [0.5, 0.6) is 5.75 Å². The lowest BCUT2D eigenvalue weighted by Gasteiger charge is -2.16. The van der Waals surface area contributed by atoms with E-state index in [1.807, 2.05) is 0 Å². The fourth-order valence-corrected chi connectivity index (χ4v) is 2.61. The number of benzene rings is 1. The Balaban J connectivity index is 1.94. The molecular weight excluding hydrogens is 236 g/mol. The third-order valence-electron chi connectivity index (χ3n) is 3.86. The Bertz CT molecular complexity index is 398. The second kappa shape index (κ2) is 6.80. The second-order valence-electron chi connectivity index (χ2n) is 5.62. The molecule has 0 spiro atoms. The average Bonchev–Trinajstić information content (AvgIpc) is 2.91. The lowest BCUT2D eigenvalue weighted by molar-refractivity contribution is 0.416. The van der Waals surface area contributed by atoms with Crippen LogP contribution < -0.4 is 15.4 Å². The zero-order valence-corrected chi connectivity index (χ0v) is 12.3. The van der Waals surface area contributed by atoms with Crippen LogP contribution >= 0.6 is 0 Å². The maximum atomic E-state index is 5.42. The molecule has 0 amide bonds. The van der Waals surface area contributed by atoms with E-state index < -0.39 is 0 Å². The molecule has 0 aromatic heterocycles. The topological polar surface area (TPSA) is 33.3 Å². The Morgan fingerprint density at radius 2 is 2.26 bits per heavy atom. The van der Waals surface area contributed by atoms with Crippen LogP contribution in [0.4, 0.5) is 5.69 Å². The molecule has 1 fully saturated rings. The lowest BCUT2D eigenvalue weighted by Crippen LogP contribution is -2.24. The van der Waals surface area contributed by atoms with Gasteiger partial charge in [0.2, 0.25) is 0 Å². The van der Waals surface area contributed by atoms with Crippen molar-refractivity contribution in [2.45, 2.75) is 45.1 Å². The summed E-state index contributed by atoms with van der Waals surface area (Å²) in [5, 5.41) is 7.05. The molecule has 0 saturated carbocycles. The minimum absolute atomic E-state index is 0.544. The Kier molecular flexibility index (Phi) is 5.08. The standard InChI is InChI=1S/C16H26N2O/c1-12(2)13-6-7-16(19-3)15(11-13)18-10-8-14-5-4-9-17-14/h6-7,11-12,14,17-18H,4-5,8-10H2,1-3H3. The van der Waals surface area contributed by atoms with Crippen molar-refractivity contribution < 1.29 is 4.74 Å². The predicted molar refractivity (Wildman–Crippen MR) is 81.2 cm³/mol. The number of hydrogen-bond donors (Lipinski definition) is 2. The molecule has 1 aromatic rings. The van der Waals surface area contributed by atoms with E-state index in [0.29, 0.717) is 12.0 Å². The van der Waals surface area contributed by atoms with Crippen LogP contribution in [-0.2, 0) is 0 Å². The van der Waals surface area contributed by atoms with Crippen molar-refractivity contribution in [2.75, 3.05) is 25.5 Å². The molecule has 1 saturated heterocycles. The maximum absolute atomic E-state index is 5.42. The Labute approximate surface area is 116 Å². The van der Waals surface area contributed by atoms with Gasteiger partial charge in [-0.25, -0.2) is 0 Å². The number of anilines is 1. The van der Waals surface area contributed by atoms with E-state index >= 15 is 0 Å². The van der Waals surface area contributed by atoms with Crippen LogP contribution in [0.1, 0.15) is 44.6 Å². The van der Waals surface area contributed by atoms with Crippen molar-refractivity contribution in [1.82, 2.24) is 5.32 Å². The molecule has 0 bridgehead atoms. The van der Waals surface area contributed by atoms with Crippen LogP contribution in [0.15, 0.2) is 18.2 Å². The first-order valence-electron chi connectivity index (χ1n) is 7.36. The summed E-state index contributed by atoms with van der Waals surface area (Å²) in [5.41, 5.74) is 2.47. The van der Waals surface area contributed by atoms with Crippen LogP contribution in [0.3, 0.4) is 0 Å². The van der Waals surface area contributed by atoms with E-state index in [4.69, 9.17) is 4.74 Å². The van der Waals surface area contributed by atoms with Crippen molar-refractivity contribution in [3.63, 3.8) is 0 Å². The van der Waals surface area contributed by atoms with Gasteiger partial charge in [-0.15, -0.1) is 0 Å². The molecule has 0 radical (unpaired) electrons. The van der Waals surface area contributed by atoms with Gasteiger partial charge in [-0.2, -0.15) is 0 Å². The van der Waals surface area contributed by atoms with E-state index in [-0.39, 0.29) is 0 Å². The minimum atomic E-state index is 0.544. The number of methoxy groups -OCH3 is 1. The molecule has 1 atom stereocenters. The van der Waals surface area contributed by atoms with Gasteiger partial charge in [-0.05, 0) is 49.4 Å². The summed E-state index contributed by atoms with van der Waals surface area (Å²) in [4.78, 5) is 0. The third kappa shape index (κ3) is 3.87. The number of ether oxygens (including phenoxy) is 1. The van der Waals surface area contributed by atoms with Crippen LogP contribution in [0.25, 0.3) is 0 Å². The van der Waals surface area contributed by atoms with E-state index in [0.717, 1.165) is 18.0 Å². The highest BCUT2D eigenvalue weighted by Gasteiger charge is 2.13. The first-order valence-corrected chi connectivity index (χ1v) is 7.36. The maximum Gasteiger partial charge on any atom is 0.141 e. The molecule has 1 unspecified atom stereocenters. The van der Waals surface area contributed by atoms with Crippen molar-refractivity contribution >= 4 is 5.69 Å². The van der Waals surface area contributed by atoms with Gasteiger partial charge >= 0.3 is 0 Å². The fourth-order valence-electron chi connectivity index (χ4n) is 2.61. The first kappa shape index (κ1) is 14.2. The smallest absolute Gasteiger partial charge is 0.141 e.